The first kappa shape index (κ1) is 16.7. The van der Waals surface area contributed by atoms with Gasteiger partial charge in [-0.15, -0.1) is 11.3 Å². The third kappa shape index (κ3) is 2.72. The first-order chi connectivity index (χ1) is 13.0. The summed E-state index contributed by atoms with van der Waals surface area (Å²) in [4.78, 5) is 30.8. The van der Waals surface area contributed by atoms with Crippen molar-refractivity contribution in [3.63, 3.8) is 0 Å². The Hall–Kier alpha value is -2.41. The molecule has 7 heteroatoms. The van der Waals surface area contributed by atoms with Gasteiger partial charge in [-0.1, -0.05) is 12.1 Å². The number of fused-ring (bicyclic) bond motifs is 3. The maximum absolute atomic E-state index is 12.8. The molecule has 4 aliphatic rings. The SMILES string of the molecule is Cc1cnc(NC(=O)[C@H]2C[C@@H]3CC[C@@H]2C[C@@]32NC(=O)c3ccccc3N2)s1. The number of rotatable bonds is 2. The summed E-state index contributed by atoms with van der Waals surface area (Å²) in [5.41, 5.74) is 1.16. The zero-order chi connectivity index (χ0) is 18.6. The highest BCUT2D eigenvalue weighted by Crippen LogP contribution is 2.52. The van der Waals surface area contributed by atoms with E-state index in [0.29, 0.717) is 10.7 Å². The highest BCUT2D eigenvalue weighted by atomic mass is 32.1. The van der Waals surface area contributed by atoms with Crippen molar-refractivity contribution in [2.45, 2.75) is 38.3 Å². The van der Waals surface area contributed by atoms with Crippen LogP contribution in [0.4, 0.5) is 10.8 Å². The van der Waals surface area contributed by atoms with Gasteiger partial charge in [0, 0.05) is 28.6 Å². The molecule has 1 aliphatic heterocycles. The van der Waals surface area contributed by atoms with Crippen LogP contribution in [0.15, 0.2) is 30.5 Å². The van der Waals surface area contributed by atoms with E-state index < -0.39 is 5.66 Å². The van der Waals surface area contributed by atoms with E-state index in [2.05, 4.69) is 20.9 Å². The predicted molar refractivity (Wildman–Crippen MR) is 105 cm³/mol. The van der Waals surface area contributed by atoms with Crippen molar-refractivity contribution in [2.24, 2.45) is 17.8 Å². The lowest BCUT2D eigenvalue weighted by atomic mass is 9.58. The molecule has 27 heavy (non-hydrogen) atoms. The van der Waals surface area contributed by atoms with Crippen LogP contribution in [0.25, 0.3) is 0 Å². The second-order valence-corrected chi connectivity index (χ2v) is 9.18. The molecule has 2 heterocycles. The Kier molecular flexibility index (Phi) is 3.75. The largest absolute Gasteiger partial charge is 0.362 e. The molecular weight excluding hydrogens is 360 g/mol. The molecule has 3 fully saturated rings. The van der Waals surface area contributed by atoms with E-state index in [1.165, 1.54) is 11.3 Å². The molecule has 1 aromatic carbocycles. The van der Waals surface area contributed by atoms with E-state index >= 15 is 0 Å². The number of benzene rings is 1. The van der Waals surface area contributed by atoms with Gasteiger partial charge in [-0.3, -0.25) is 9.59 Å². The molecule has 3 aliphatic carbocycles. The van der Waals surface area contributed by atoms with Gasteiger partial charge >= 0.3 is 0 Å². The zero-order valence-electron chi connectivity index (χ0n) is 15.1. The number of aromatic nitrogens is 1. The molecule has 6 rings (SSSR count). The van der Waals surface area contributed by atoms with Crippen LogP contribution in [0.5, 0.6) is 0 Å². The summed E-state index contributed by atoms with van der Waals surface area (Å²) in [7, 11) is 0. The van der Waals surface area contributed by atoms with Crippen LogP contribution in [0.3, 0.4) is 0 Å². The van der Waals surface area contributed by atoms with Gasteiger partial charge in [0.1, 0.15) is 5.66 Å². The number of hydrogen-bond donors (Lipinski definition) is 3. The summed E-state index contributed by atoms with van der Waals surface area (Å²) in [6, 6.07) is 7.64. The third-order valence-corrected chi connectivity index (χ3v) is 7.16. The van der Waals surface area contributed by atoms with Crippen molar-refractivity contribution < 1.29 is 9.59 Å². The lowest BCUT2D eigenvalue weighted by Crippen LogP contribution is -2.67. The average Bonchev–Trinajstić information content (AvgIpc) is 3.06. The standard InChI is InChI=1S/C20H22N4O2S/c1-11-10-21-19(27-11)22-17(25)15-8-13-7-6-12(15)9-20(13)23-16-5-3-2-4-14(16)18(26)24-20/h2-5,10,12-13,15,23H,6-9H2,1H3,(H,24,26)(H,21,22,25)/t12-,13+,15+,20-/m1/s1. The van der Waals surface area contributed by atoms with Crippen LogP contribution in [0, 0.1) is 24.7 Å². The first-order valence-corrected chi connectivity index (χ1v) is 10.3. The lowest BCUT2D eigenvalue weighted by Gasteiger charge is -2.56. The van der Waals surface area contributed by atoms with Gasteiger partial charge in [0.2, 0.25) is 5.91 Å². The Labute approximate surface area is 161 Å². The van der Waals surface area contributed by atoms with E-state index in [-0.39, 0.29) is 29.6 Å². The van der Waals surface area contributed by atoms with Gasteiger partial charge in [0.25, 0.3) is 5.91 Å². The molecule has 1 spiro atoms. The Morgan fingerprint density at radius 3 is 2.89 bits per heavy atom. The first-order valence-electron chi connectivity index (χ1n) is 9.47. The van der Waals surface area contributed by atoms with Crippen molar-refractivity contribution in [2.75, 3.05) is 10.6 Å². The molecule has 2 bridgehead atoms. The smallest absolute Gasteiger partial charge is 0.255 e. The van der Waals surface area contributed by atoms with Crippen molar-refractivity contribution in [1.29, 1.82) is 0 Å². The Balaban J connectivity index is 1.36. The number of thiazole rings is 1. The number of anilines is 2. The maximum Gasteiger partial charge on any atom is 0.255 e. The quantitative estimate of drug-likeness (QED) is 0.744. The zero-order valence-corrected chi connectivity index (χ0v) is 15.9. The number of hydrogen-bond acceptors (Lipinski definition) is 5. The number of carbonyl (C=O) groups is 2. The number of nitrogens with zero attached hydrogens (tertiary/aromatic N) is 1. The number of aryl methyl sites for hydroxylation is 1. The normalized spacial score (nSPS) is 31.1. The molecule has 3 N–H and O–H groups in total. The van der Waals surface area contributed by atoms with Crippen LogP contribution < -0.4 is 16.0 Å². The van der Waals surface area contributed by atoms with Crippen LogP contribution >= 0.6 is 11.3 Å². The highest BCUT2D eigenvalue weighted by molar-refractivity contribution is 7.15. The minimum Gasteiger partial charge on any atom is -0.362 e. The molecular formula is C20H22N4O2S. The second kappa shape index (κ2) is 6.05. The summed E-state index contributed by atoms with van der Waals surface area (Å²) < 4.78 is 0. The highest BCUT2D eigenvalue weighted by Gasteiger charge is 2.55. The number of amides is 2. The van der Waals surface area contributed by atoms with Gasteiger partial charge in [-0.05, 0) is 50.7 Å². The van der Waals surface area contributed by atoms with Crippen molar-refractivity contribution in [3.05, 3.63) is 40.9 Å². The fraction of sp³-hybridized carbons (Fsp3) is 0.450. The summed E-state index contributed by atoms with van der Waals surface area (Å²) in [5, 5.41) is 10.5. The summed E-state index contributed by atoms with van der Waals surface area (Å²) in [5.74, 6) is 0.532. The van der Waals surface area contributed by atoms with Crippen LogP contribution in [-0.4, -0.2) is 22.5 Å². The number of nitrogens with one attached hydrogen (secondary N) is 3. The van der Waals surface area contributed by atoms with E-state index in [1.54, 1.807) is 6.20 Å². The average molecular weight is 382 g/mol. The van der Waals surface area contributed by atoms with Crippen molar-refractivity contribution in [3.8, 4) is 0 Å². The van der Waals surface area contributed by atoms with Crippen LogP contribution in [0.2, 0.25) is 0 Å². The molecule has 0 radical (unpaired) electrons. The molecule has 2 aromatic rings. The van der Waals surface area contributed by atoms with E-state index in [4.69, 9.17) is 0 Å². The molecule has 4 atom stereocenters. The van der Waals surface area contributed by atoms with E-state index in [1.807, 2.05) is 31.2 Å². The van der Waals surface area contributed by atoms with Gasteiger partial charge < -0.3 is 16.0 Å². The van der Waals surface area contributed by atoms with Crippen LogP contribution in [-0.2, 0) is 4.79 Å². The fourth-order valence-electron chi connectivity index (χ4n) is 5.07. The van der Waals surface area contributed by atoms with Crippen molar-refractivity contribution in [1.82, 2.24) is 10.3 Å². The van der Waals surface area contributed by atoms with Crippen LogP contribution in [0.1, 0.15) is 40.9 Å². The molecule has 140 valence electrons. The second-order valence-electron chi connectivity index (χ2n) is 7.94. The Morgan fingerprint density at radius 2 is 2.15 bits per heavy atom. The molecule has 0 unspecified atom stereocenters. The predicted octanol–water partition coefficient (Wildman–Crippen LogP) is 3.38. The number of carbonyl (C=O) groups excluding carboxylic acids is 2. The summed E-state index contributed by atoms with van der Waals surface area (Å²) >= 11 is 1.50. The minimum absolute atomic E-state index is 0.0174. The maximum atomic E-state index is 12.8. The summed E-state index contributed by atoms with van der Waals surface area (Å²) in [6.07, 6.45) is 5.41. The summed E-state index contributed by atoms with van der Waals surface area (Å²) in [6.45, 7) is 1.98. The monoisotopic (exact) mass is 382 g/mol. The molecule has 1 aromatic heterocycles. The third-order valence-electron chi connectivity index (χ3n) is 6.33. The molecule has 6 nitrogen and oxygen atoms in total. The Morgan fingerprint density at radius 1 is 1.30 bits per heavy atom. The van der Waals surface area contributed by atoms with Crippen molar-refractivity contribution >= 4 is 34.0 Å². The molecule has 0 saturated heterocycles. The van der Waals surface area contributed by atoms with Gasteiger partial charge in [0.15, 0.2) is 5.13 Å². The molecule has 3 saturated carbocycles. The fourth-order valence-corrected chi connectivity index (χ4v) is 5.74. The minimum atomic E-state index is -0.428. The van der Waals surface area contributed by atoms with E-state index in [9.17, 15) is 9.59 Å². The van der Waals surface area contributed by atoms with E-state index in [0.717, 1.165) is 36.2 Å². The van der Waals surface area contributed by atoms with Gasteiger partial charge in [-0.2, -0.15) is 0 Å². The lowest BCUT2D eigenvalue weighted by molar-refractivity contribution is -0.126. The van der Waals surface area contributed by atoms with Gasteiger partial charge in [0.05, 0.1) is 5.56 Å². The van der Waals surface area contributed by atoms with Gasteiger partial charge in [-0.25, -0.2) is 4.98 Å². The topological polar surface area (TPSA) is 83.1 Å². The Bertz CT molecular complexity index is 926. The molecule has 2 amide bonds. The number of para-hydroxylation sites is 1.